The van der Waals surface area contributed by atoms with Crippen molar-refractivity contribution in [2.24, 2.45) is 59.0 Å². The average Bonchev–Trinajstić information content (AvgIpc) is 3.13. The predicted molar refractivity (Wildman–Crippen MR) is 174 cm³/mol. The number of ether oxygens (including phenoxy) is 2. The second-order valence-corrected chi connectivity index (χ2v) is 15.9. The maximum absolute atomic E-state index is 11.5. The summed E-state index contributed by atoms with van der Waals surface area (Å²) in [6.07, 6.45) is 9.30. The molecule has 0 bridgehead atoms. The highest BCUT2D eigenvalue weighted by molar-refractivity contribution is 4.94. The maximum Gasteiger partial charge on any atom is 0.162 e. The Hall–Kier alpha value is -0.240. The average molecular weight is 598 g/mol. The zero-order valence-corrected chi connectivity index (χ0v) is 29.1. The van der Waals surface area contributed by atoms with Crippen molar-refractivity contribution in [1.29, 1.82) is 0 Å². The Balaban J connectivity index is 0.000000928. The topological polar surface area (TPSA) is 105 Å². The van der Waals surface area contributed by atoms with Crippen LogP contribution >= 0.6 is 0 Å². The highest BCUT2D eigenvalue weighted by atomic mass is 16.6. The first kappa shape index (κ1) is 37.9. The minimum atomic E-state index is -1.09. The standard InChI is InChI=1S/C31H58O5.C5H13N/c1-8-15-31(7,34)36-17-24-16-19(2)9-12-26(24)22(5)29(32)30(33)23(6)27-13-10-20(3)25-14-11-21(4)35-18-28(25)27;1-4-5(2,3)6/h19-30,32-34H,8-18H2,1-7H3;4,6H2,1-3H3/t19-,20-,21?,22?,23?,24?,25?,26+,27+,28?,29?,30?,31+;/m1./s1. The molecule has 6 nitrogen and oxygen atoms in total. The Morgan fingerprint density at radius 1 is 0.857 bits per heavy atom. The molecule has 0 aromatic carbocycles. The molecule has 3 fully saturated rings. The van der Waals surface area contributed by atoms with Gasteiger partial charge in [0.1, 0.15) is 0 Å². The molecule has 1 heterocycles. The van der Waals surface area contributed by atoms with Crippen molar-refractivity contribution in [3.8, 4) is 0 Å². The van der Waals surface area contributed by atoms with Crippen LogP contribution in [0.3, 0.4) is 0 Å². The SMILES string of the molecule is CCC(C)(C)N.CCC[C@@](C)(O)OCC1C[C@H](C)CC[C@H]1C(C)C(O)C(O)C(C)[C@@H]1CC[C@@H](C)C2CCC(C)OCC21. The number of fused-ring (bicyclic) bond motifs is 1. The predicted octanol–water partition coefficient (Wildman–Crippen LogP) is 7.17. The van der Waals surface area contributed by atoms with Crippen LogP contribution < -0.4 is 5.73 Å². The van der Waals surface area contributed by atoms with Gasteiger partial charge < -0.3 is 30.5 Å². The van der Waals surface area contributed by atoms with Gasteiger partial charge in [0.05, 0.1) is 31.5 Å². The van der Waals surface area contributed by atoms with E-state index in [4.69, 9.17) is 15.2 Å². The maximum atomic E-state index is 11.5. The van der Waals surface area contributed by atoms with Gasteiger partial charge in [0, 0.05) is 12.0 Å². The number of hydrogen-bond donors (Lipinski definition) is 4. The van der Waals surface area contributed by atoms with Crippen LogP contribution in [0.2, 0.25) is 0 Å². The van der Waals surface area contributed by atoms with Crippen molar-refractivity contribution in [1.82, 2.24) is 0 Å². The molecule has 0 aromatic heterocycles. The van der Waals surface area contributed by atoms with Crippen molar-refractivity contribution < 1.29 is 24.8 Å². The van der Waals surface area contributed by atoms with Gasteiger partial charge in [-0.1, -0.05) is 60.8 Å². The third kappa shape index (κ3) is 11.3. The number of rotatable bonds is 11. The van der Waals surface area contributed by atoms with Crippen LogP contribution in [0.1, 0.15) is 133 Å². The van der Waals surface area contributed by atoms with Gasteiger partial charge in [0.15, 0.2) is 5.79 Å². The van der Waals surface area contributed by atoms with Gasteiger partial charge in [0.25, 0.3) is 0 Å². The molecular formula is C36H71NO5. The fourth-order valence-corrected chi connectivity index (χ4v) is 8.16. The summed E-state index contributed by atoms with van der Waals surface area (Å²) in [4.78, 5) is 0. The van der Waals surface area contributed by atoms with Crippen LogP contribution in [0.5, 0.6) is 0 Å². The number of aliphatic hydroxyl groups is 3. The Morgan fingerprint density at radius 2 is 1.43 bits per heavy atom. The number of nitrogens with two attached hydrogens (primary N) is 1. The van der Waals surface area contributed by atoms with E-state index in [-0.39, 0.29) is 23.3 Å². The molecule has 8 unspecified atom stereocenters. The molecule has 1 aliphatic heterocycles. The summed E-state index contributed by atoms with van der Waals surface area (Å²) in [5, 5.41) is 33.6. The molecule has 5 N–H and O–H groups in total. The molecular weight excluding hydrogens is 526 g/mol. The normalized spacial score (nSPS) is 36.7. The Bertz CT molecular complexity index is 754. The fourth-order valence-electron chi connectivity index (χ4n) is 8.16. The number of hydrogen-bond acceptors (Lipinski definition) is 6. The lowest BCUT2D eigenvalue weighted by molar-refractivity contribution is -0.208. The van der Waals surface area contributed by atoms with Gasteiger partial charge in [0.2, 0.25) is 0 Å². The summed E-state index contributed by atoms with van der Waals surface area (Å²) >= 11 is 0. The zero-order chi connectivity index (χ0) is 31.8. The summed E-state index contributed by atoms with van der Waals surface area (Å²) < 4.78 is 12.2. The van der Waals surface area contributed by atoms with Gasteiger partial charge in [-0.2, -0.15) is 0 Å². The lowest BCUT2D eigenvalue weighted by Gasteiger charge is -2.46. The van der Waals surface area contributed by atoms with Gasteiger partial charge in [-0.25, -0.2) is 0 Å². The largest absolute Gasteiger partial charge is 0.390 e. The molecule has 0 aromatic rings. The Morgan fingerprint density at radius 3 is 2.00 bits per heavy atom. The summed E-state index contributed by atoms with van der Waals surface area (Å²) in [5.74, 6) is 2.38. The van der Waals surface area contributed by atoms with Crippen molar-refractivity contribution in [3.05, 3.63) is 0 Å². The molecule has 3 rings (SSSR count). The van der Waals surface area contributed by atoms with Crippen LogP contribution in [-0.2, 0) is 9.47 Å². The fraction of sp³-hybridized carbons (Fsp3) is 1.00. The molecule has 0 radical (unpaired) electrons. The lowest BCUT2D eigenvalue weighted by Crippen LogP contribution is -2.48. The van der Waals surface area contributed by atoms with E-state index in [0.29, 0.717) is 54.6 Å². The quantitative estimate of drug-likeness (QED) is 0.188. The summed E-state index contributed by atoms with van der Waals surface area (Å²) in [6, 6.07) is 0. The van der Waals surface area contributed by atoms with Crippen LogP contribution in [0, 0.1) is 53.3 Å². The second kappa shape index (κ2) is 16.9. The van der Waals surface area contributed by atoms with Crippen LogP contribution in [-0.4, -0.2) is 58.2 Å². The molecule has 1 saturated heterocycles. The molecule has 6 heteroatoms. The van der Waals surface area contributed by atoms with E-state index in [1.807, 2.05) is 13.8 Å². The van der Waals surface area contributed by atoms with Crippen LogP contribution in [0.4, 0.5) is 0 Å². The first-order valence-electron chi connectivity index (χ1n) is 17.6. The third-order valence-electron chi connectivity index (χ3n) is 11.6. The lowest BCUT2D eigenvalue weighted by atomic mass is 9.61. The van der Waals surface area contributed by atoms with E-state index in [0.717, 1.165) is 51.6 Å². The van der Waals surface area contributed by atoms with Gasteiger partial charge in [-0.3, -0.25) is 0 Å². The highest BCUT2D eigenvalue weighted by Gasteiger charge is 2.45. The van der Waals surface area contributed by atoms with E-state index in [9.17, 15) is 15.3 Å². The van der Waals surface area contributed by atoms with Gasteiger partial charge >= 0.3 is 0 Å². The van der Waals surface area contributed by atoms with Gasteiger partial charge in [-0.15, -0.1) is 0 Å². The minimum absolute atomic E-state index is 0.0107. The van der Waals surface area contributed by atoms with Crippen molar-refractivity contribution in [2.45, 2.75) is 163 Å². The summed E-state index contributed by atoms with van der Waals surface area (Å²) in [6.45, 7) is 22.4. The highest BCUT2D eigenvalue weighted by Crippen LogP contribution is 2.48. The molecule has 2 aliphatic carbocycles. The van der Waals surface area contributed by atoms with E-state index in [2.05, 4.69) is 48.5 Å². The zero-order valence-electron chi connectivity index (χ0n) is 29.1. The Labute approximate surface area is 259 Å². The molecule has 42 heavy (non-hydrogen) atoms. The smallest absolute Gasteiger partial charge is 0.162 e. The molecule has 3 aliphatic rings. The van der Waals surface area contributed by atoms with Crippen LogP contribution in [0.25, 0.3) is 0 Å². The first-order valence-corrected chi connectivity index (χ1v) is 17.6. The van der Waals surface area contributed by atoms with Crippen molar-refractivity contribution >= 4 is 0 Å². The molecule has 250 valence electrons. The third-order valence-corrected chi connectivity index (χ3v) is 11.6. The van der Waals surface area contributed by atoms with E-state index in [1.54, 1.807) is 6.92 Å². The molecule has 0 spiro atoms. The van der Waals surface area contributed by atoms with E-state index >= 15 is 0 Å². The Kier molecular flexibility index (Phi) is 15.3. The molecule has 0 amide bonds. The summed E-state index contributed by atoms with van der Waals surface area (Å²) in [5.41, 5.74) is 5.58. The molecule has 2 saturated carbocycles. The summed E-state index contributed by atoms with van der Waals surface area (Å²) in [7, 11) is 0. The minimum Gasteiger partial charge on any atom is -0.390 e. The van der Waals surface area contributed by atoms with E-state index in [1.165, 1.54) is 12.8 Å². The van der Waals surface area contributed by atoms with Gasteiger partial charge in [-0.05, 0) is 119 Å². The van der Waals surface area contributed by atoms with E-state index < -0.39 is 18.0 Å². The van der Waals surface area contributed by atoms with Crippen molar-refractivity contribution in [3.63, 3.8) is 0 Å². The molecule has 13 atom stereocenters. The van der Waals surface area contributed by atoms with Crippen molar-refractivity contribution in [2.75, 3.05) is 13.2 Å². The number of aliphatic hydroxyl groups excluding tert-OH is 2. The first-order chi connectivity index (χ1) is 19.5. The van der Waals surface area contributed by atoms with Crippen LogP contribution in [0.15, 0.2) is 0 Å². The second-order valence-electron chi connectivity index (χ2n) is 15.9. The monoisotopic (exact) mass is 598 g/mol.